The number of anilines is 1. The van der Waals surface area contributed by atoms with E-state index in [1.165, 1.54) is 6.08 Å². The zero-order chi connectivity index (χ0) is 23.3. The summed E-state index contributed by atoms with van der Waals surface area (Å²) in [5.74, 6) is -0.231. The molecule has 3 amide bonds. The van der Waals surface area contributed by atoms with Crippen molar-refractivity contribution in [3.8, 4) is 0 Å². The zero-order valence-electron chi connectivity index (χ0n) is 17.7. The molecule has 3 rings (SSSR count). The minimum Gasteiger partial charge on any atom is -0.351 e. The van der Waals surface area contributed by atoms with E-state index in [0.717, 1.165) is 28.1 Å². The van der Waals surface area contributed by atoms with Gasteiger partial charge in [0.25, 0.3) is 0 Å². The molecule has 7 nitrogen and oxygen atoms in total. The molecule has 1 aromatic heterocycles. The molecule has 0 bridgehead atoms. The van der Waals surface area contributed by atoms with Crippen molar-refractivity contribution in [2.75, 3.05) is 5.32 Å². The SMILES string of the molecule is Cc1nn(Cc2c(Cl)cccc2Cl)c(C)c1C=CC(=O)NCc1ccc(NC(N)=O)cc1. The molecule has 166 valence electrons. The van der Waals surface area contributed by atoms with E-state index in [1.54, 1.807) is 48.5 Å². The predicted molar refractivity (Wildman–Crippen MR) is 128 cm³/mol. The molecule has 0 aliphatic heterocycles. The Morgan fingerprint density at radius 1 is 1.09 bits per heavy atom. The normalized spacial score (nSPS) is 11.0. The Hall–Kier alpha value is -3.29. The van der Waals surface area contributed by atoms with Crippen LogP contribution in [-0.4, -0.2) is 21.7 Å². The Bertz CT molecular complexity index is 1150. The van der Waals surface area contributed by atoms with E-state index in [0.29, 0.717) is 28.8 Å². The predicted octanol–water partition coefficient (Wildman–Crippen LogP) is 4.68. The molecule has 0 fully saturated rings. The number of hydrogen-bond acceptors (Lipinski definition) is 3. The highest BCUT2D eigenvalue weighted by molar-refractivity contribution is 6.35. The fourth-order valence-corrected chi connectivity index (χ4v) is 3.71. The third-order valence-corrected chi connectivity index (χ3v) is 5.60. The monoisotopic (exact) mass is 471 g/mol. The molecule has 0 radical (unpaired) electrons. The van der Waals surface area contributed by atoms with Gasteiger partial charge < -0.3 is 16.4 Å². The van der Waals surface area contributed by atoms with Gasteiger partial charge in [-0.25, -0.2) is 4.79 Å². The van der Waals surface area contributed by atoms with Crippen molar-refractivity contribution in [1.29, 1.82) is 0 Å². The van der Waals surface area contributed by atoms with E-state index in [-0.39, 0.29) is 5.91 Å². The summed E-state index contributed by atoms with van der Waals surface area (Å²) in [4.78, 5) is 23.1. The number of carbonyl (C=O) groups excluding carboxylic acids is 2. The minimum atomic E-state index is -0.625. The topological polar surface area (TPSA) is 102 Å². The van der Waals surface area contributed by atoms with Crippen LogP contribution in [0.4, 0.5) is 10.5 Å². The van der Waals surface area contributed by atoms with Crippen LogP contribution in [0.1, 0.15) is 28.1 Å². The Kier molecular flexibility index (Phi) is 7.56. The first-order chi connectivity index (χ1) is 15.2. The van der Waals surface area contributed by atoms with Crippen molar-refractivity contribution in [1.82, 2.24) is 15.1 Å². The van der Waals surface area contributed by atoms with Gasteiger partial charge >= 0.3 is 6.03 Å². The Morgan fingerprint density at radius 3 is 2.38 bits per heavy atom. The van der Waals surface area contributed by atoms with Crippen LogP contribution in [0, 0.1) is 13.8 Å². The molecule has 0 saturated carbocycles. The molecule has 3 aromatic rings. The van der Waals surface area contributed by atoms with Gasteiger partial charge in [0.05, 0.1) is 12.2 Å². The first kappa shape index (κ1) is 23.4. The Balaban J connectivity index is 1.63. The molecule has 1 heterocycles. The molecule has 4 N–H and O–H groups in total. The number of aromatic nitrogens is 2. The summed E-state index contributed by atoms with van der Waals surface area (Å²) in [5, 5.41) is 11.0. The fraction of sp³-hybridized carbons (Fsp3) is 0.174. The van der Waals surface area contributed by atoms with Crippen LogP contribution in [-0.2, 0) is 17.9 Å². The summed E-state index contributed by atoms with van der Waals surface area (Å²) in [5.41, 5.74) is 9.93. The Labute approximate surface area is 196 Å². The highest BCUT2D eigenvalue weighted by Gasteiger charge is 2.13. The highest BCUT2D eigenvalue weighted by atomic mass is 35.5. The van der Waals surface area contributed by atoms with Crippen molar-refractivity contribution in [2.45, 2.75) is 26.9 Å². The number of nitrogens with zero attached hydrogens (tertiary/aromatic N) is 2. The van der Waals surface area contributed by atoms with E-state index in [9.17, 15) is 9.59 Å². The standard InChI is InChI=1S/C23H23Cl2N5O2/c1-14-18(15(2)30(29-14)13-19-20(24)4-3-5-21(19)25)10-11-22(31)27-12-16-6-8-17(9-7-16)28-23(26)32/h3-11H,12-13H2,1-2H3,(H,27,31)(H3,26,28,32). The minimum absolute atomic E-state index is 0.231. The van der Waals surface area contributed by atoms with Gasteiger partial charge in [-0.15, -0.1) is 0 Å². The van der Waals surface area contributed by atoms with Crippen LogP contribution in [0.15, 0.2) is 48.5 Å². The number of carbonyl (C=O) groups is 2. The number of rotatable bonds is 7. The first-order valence-corrected chi connectivity index (χ1v) is 10.6. The second-order valence-electron chi connectivity index (χ2n) is 7.18. The zero-order valence-corrected chi connectivity index (χ0v) is 19.2. The van der Waals surface area contributed by atoms with Gasteiger partial charge in [-0.2, -0.15) is 5.10 Å². The maximum absolute atomic E-state index is 12.3. The van der Waals surface area contributed by atoms with Crippen LogP contribution >= 0.6 is 23.2 Å². The van der Waals surface area contributed by atoms with E-state index >= 15 is 0 Å². The lowest BCUT2D eigenvalue weighted by molar-refractivity contribution is -0.116. The summed E-state index contributed by atoms with van der Waals surface area (Å²) >= 11 is 12.6. The lowest BCUT2D eigenvalue weighted by Crippen LogP contribution is -2.20. The lowest BCUT2D eigenvalue weighted by Gasteiger charge is -2.09. The third-order valence-electron chi connectivity index (χ3n) is 4.90. The number of urea groups is 1. The smallest absolute Gasteiger partial charge is 0.316 e. The van der Waals surface area contributed by atoms with Crippen molar-refractivity contribution >= 4 is 46.9 Å². The Morgan fingerprint density at radius 2 is 1.75 bits per heavy atom. The molecule has 0 spiro atoms. The molecule has 9 heteroatoms. The summed E-state index contributed by atoms with van der Waals surface area (Å²) in [6.45, 7) is 4.61. The van der Waals surface area contributed by atoms with Crippen molar-refractivity contribution in [3.05, 3.63) is 86.7 Å². The van der Waals surface area contributed by atoms with Crippen molar-refractivity contribution in [2.24, 2.45) is 5.73 Å². The highest BCUT2D eigenvalue weighted by Crippen LogP contribution is 2.26. The first-order valence-electron chi connectivity index (χ1n) is 9.83. The quantitative estimate of drug-likeness (QED) is 0.436. The molecule has 32 heavy (non-hydrogen) atoms. The van der Waals surface area contributed by atoms with E-state index in [1.807, 2.05) is 18.5 Å². The largest absolute Gasteiger partial charge is 0.351 e. The van der Waals surface area contributed by atoms with Crippen molar-refractivity contribution in [3.63, 3.8) is 0 Å². The van der Waals surface area contributed by atoms with Gasteiger partial charge in [0.2, 0.25) is 5.91 Å². The maximum Gasteiger partial charge on any atom is 0.316 e. The second-order valence-corrected chi connectivity index (χ2v) is 7.99. The van der Waals surface area contributed by atoms with Crippen LogP contribution in [0.2, 0.25) is 10.0 Å². The summed E-state index contributed by atoms with van der Waals surface area (Å²) in [6, 6.07) is 11.8. The van der Waals surface area contributed by atoms with Gasteiger partial charge in [0.1, 0.15) is 0 Å². The molecule has 0 atom stereocenters. The maximum atomic E-state index is 12.3. The van der Waals surface area contributed by atoms with Gasteiger partial charge in [-0.1, -0.05) is 41.4 Å². The van der Waals surface area contributed by atoms with Crippen LogP contribution in [0.25, 0.3) is 6.08 Å². The summed E-state index contributed by atoms with van der Waals surface area (Å²) in [7, 11) is 0. The average molecular weight is 472 g/mol. The van der Waals surface area contributed by atoms with Gasteiger partial charge in [0, 0.05) is 45.2 Å². The molecule has 2 aromatic carbocycles. The molecular weight excluding hydrogens is 449 g/mol. The van der Waals surface area contributed by atoms with Crippen LogP contribution in [0.5, 0.6) is 0 Å². The van der Waals surface area contributed by atoms with Gasteiger partial charge in [-0.05, 0) is 49.8 Å². The number of nitrogens with two attached hydrogens (primary N) is 1. The molecular formula is C23H23Cl2N5O2. The molecule has 0 aliphatic carbocycles. The third kappa shape index (κ3) is 5.90. The summed E-state index contributed by atoms with van der Waals surface area (Å²) < 4.78 is 1.82. The fourth-order valence-electron chi connectivity index (χ4n) is 3.19. The van der Waals surface area contributed by atoms with E-state index in [4.69, 9.17) is 28.9 Å². The van der Waals surface area contributed by atoms with E-state index < -0.39 is 6.03 Å². The van der Waals surface area contributed by atoms with E-state index in [2.05, 4.69) is 15.7 Å². The van der Waals surface area contributed by atoms with Gasteiger partial charge in [0.15, 0.2) is 0 Å². The number of halogens is 2. The van der Waals surface area contributed by atoms with Crippen LogP contribution in [0.3, 0.4) is 0 Å². The number of primary amides is 1. The second kappa shape index (κ2) is 10.3. The molecule has 0 aliphatic rings. The number of aryl methyl sites for hydroxylation is 1. The number of nitrogens with one attached hydrogen (secondary N) is 2. The van der Waals surface area contributed by atoms with Crippen LogP contribution < -0.4 is 16.4 Å². The lowest BCUT2D eigenvalue weighted by atomic mass is 10.1. The number of hydrogen-bond donors (Lipinski definition) is 3. The summed E-state index contributed by atoms with van der Waals surface area (Å²) in [6.07, 6.45) is 3.23. The number of benzene rings is 2. The van der Waals surface area contributed by atoms with Gasteiger partial charge in [-0.3, -0.25) is 9.48 Å². The molecule has 0 unspecified atom stereocenters. The average Bonchev–Trinajstić information content (AvgIpc) is 3.01. The number of amides is 3. The van der Waals surface area contributed by atoms with Crippen molar-refractivity contribution < 1.29 is 9.59 Å². The molecule has 0 saturated heterocycles.